The number of ether oxygens (including phenoxy) is 1. The molecule has 0 spiro atoms. The lowest BCUT2D eigenvalue weighted by Gasteiger charge is -2.38. The molecule has 0 bridgehead atoms. The number of nitrogens with two attached hydrogens (primary N) is 2. The summed E-state index contributed by atoms with van der Waals surface area (Å²) < 4.78 is 7.90. The zero-order valence-corrected chi connectivity index (χ0v) is 20.9. The van der Waals surface area contributed by atoms with Gasteiger partial charge < -0.3 is 16.2 Å². The molecule has 5 aromatic rings. The Morgan fingerprint density at radius 3 is 2.54 bits per heavy atom. The van der Waals surface area contributed by atoms with Crippen molar-refractivity contribution < 1.29 is 4.74 Å². The molecule has 4 N–H and O–H groups in total. The van der Waals surface area contributed by atoms with Crippen molar-refractivity contribution in [2.45, 2.75) is 38.1 Å². The molecule has 0 radical (unpaired) electrons. The summed E-state index contributed by atoms with van der Waals surface area (Å²) in [5, 5.41) is 0. The number of benzene rings is 2. The fourth-order valence-electron chi connectivity index (χ4n) is 4.90. The normalized spacial score (nSPS) is 14.4. The molecule has 186 valence electrons. The number of aromatic nitrogens is 4. The number of rotatable bonds is 7. The fraction of sp³-hybridized carbons (Fsp3) is 0.233. The van der Waals surface area contributed by atoms with E-state index in [1.165, 1.54) is 6.42 Å². The first-order valence-corrected chi connectivity index (χ1v) is 12.8. The quantitative estimate of drug-likeness (QED) is 0.296. The molecule has 6 rings (SSSR count). The fourth-order valence-corrected chi connectivity index (χ4v) is 4.90. The van der Waals surface area contributed by atoms with Gasteiger partial charge in [-0.3, -0.25) is 4.57 Å². The van der Waals surface area contributed by atoms with E-state index in [9.17, 15) is 0 Å². The summed E-state index contributed by atoms with van der Waals surface area (Å²) in [5.41, 5.74) is 18.9. The average Bonchev–Trinajstić information content (AvgIpc) is 3.29. The van der Waals surface area contributed by atoms with Gasteiger partial charge in [-0.05, 0) is 79.8 Å². The number of hydrogen-bond acceptors (Lipinski definition) is 6. The van der Waals surface area contributed by atoms with Crippen LogP contribution in [-0.2, 0) is 5.54 Å². The van der Waals surface area contributed by atoms with Gasteiger partial charge in [-0.25, -0.2) is 15.0 Å². The number of nitrogen functional groups attached to an aromatic ring is 1. The molecule has 0 amide bonds. The third-order valence-electron chi connectivity index (χ3n) is 7.13. The molecule has 0 aliphatic heterocycles. The largest absolute Gasteiger partial charge is 0.494 e. The SMILES string of the molecule is CCCOc1cccc(-c2ccc3nc(-c4cccnc4N)n(-c4ccc(C5(N)CCC5)cc4)c3n2)c1. The molecular weight excluding hydrogens is 460 g/mol. The topological polar surface area (TPSA) is 105 Å². The van der Waals surface area contributed by atoms with Crippen molar-refractivity contribution in [3.63, 3.8) is 0 Å². The van der Waals surface area contributed by atoms with E-state index in [0.717, 1.165) is 64.2 Å². The van der Waals surface area contributed by atoms with E-state index >= 15 is 0 Å². The standard InChI is InChI=1S/C30H30N6O/c1-2-18-37-23-7-3-6-20(19-23)25-13-14-26-29(34-25)36(28(35-26)24-8-4-17-33-27(24)31)22-11-9-21(10-12-22)30(32)15-5-16-30/h3-4,6-14,17,19H,2,5,15-16,18,32H2,1H3,(H2,31,33). The molecule has 0 unspecified atom stereocenters. The highest BCUT2D eigenvalue weighted by molar-refractivity contribution is 5.84. The van der Waals surface area contributed by atoms with Crippen LogP contribution in [0.15, 0.2) is 79.0 Å². The minimum absolute atomic E-state index is 0.220. The maximum atomic E-state index is 6.58. The Hall–Kier alpha value is -4.23. The summed E-state index contributed by atoms with van der Waals surface area (Å²) in [6.07, 6.45) is 5.85. The monoisotopic (exact) mass is 490 g/mol. The van der Waals surface area contributed by atoms with Crippen molar-refractivity contribution in [3.8, 4) is 34.1 Å². The predicted molar refractivity (Wildman–Crippen MR) is 147 cm³/mol. The van der Waals surface area contributed by atoms with Gasteiger partial charge in [0.25, 0.3) is 0 Å². The Kier molecular flexibility index (Phi) is 5.85. The van der Waals surface area contributed by atoms with E-state index < -0.39 is 0 Å². The Bertz CT molecular complexity index is 1570. The van der Waals surface area contributed by atoms with Gasteiger partial charge in [-0.2, -0.15) is 0 Å². The van der Waals surface area contributed by atoms with Crippen molar-refractivity contribution in [2.24, 2.45) is 5.73 Å². The number of anilines is 1. The summed E-state index contributed by atoms with van der Waals surface area (Å²) >= 11 is 0. The molecule has 7 nitrogen and oxygen atoms in total. The number of nitrogens with zero attached hydrogens (tertiary/aromatic N) is 4. The highest BCUT2D eigenvalue weighted by Gasteiger charge is 2.34. The van der Waals surface area contributed by atoms with Gasteiger partial charge in [0, 0.05) is 23.0 Å². The number of imidazole rings is 1. The van der Waals surface area contributed by atoms with Gasteiger partial charge in [0.05, 0.1) is 17.9 Å². The molecule has 2 aromatic carbocycles. The summed E-state index contributed by atoms with van der Waals surface area (Å²) in [4.78, 5) is 14.3. The lowest BCUT2D eigenvalue weighted by Crippen LogP contribution is -2.43. The van der Waals surface area contributed by atoms with Crippen molar-refractivity contribution in [1.82, 2.24) is 19.5 Å². The van der Waals surface area contributed by atoms with E-state index in [1.807, 2.05) is 48.5 Å². The summed E-state index contributed by atoms with van der Waals surface area (Å²) in [6, 6.07) is 24.3. The van der Waals surface area contributed by atoms with Crippen molar-refractivity contribution in [2.75, 3.05) is 12.3 Å². The van der Waals surface area contributed by atoms with Gasteiger partial charge in [-0.15, -0.1) is 0 Å². The van der Waals surface area contributed by atoms with Crippen LogP contribution in [0, 0.1) is 0 Å². The van der Waals surface area contributed by atoms with Crippen LogP contribution in [0.5, 0.6) is 5.75 Å². The van der Waals surface area contributed by atoms with Crippen LogP contribution in [-0.4, -0.2) is 26.1 Å². The molecule has 1 aliphatic rings. The zero-order chi connectivity index (χ0) is 25.4. The van der Waals surface area contributed by atoms with Crippen LogP contribution in [0.4, 0.5) is 5.82 Å². The van der Waals surface area contributed by atoms with Gasteiger partial charge >= 0.3 is 0 Å². The molecule has 1 fully saturated rings. The van der Waals surface area contributed by atoms with Crippen LogP contribution < -0.4 is 16.2 Å². The highest BCUT2D eigenvalue weighted by atomic mass is 16.5. The third-order valence-corrected chi connectivity index (χ3v) is 7.13. The van der Waals surface area contributed by atoms with E-state index in [2.05, 4.69) is 40.7 Å². The maximum Gasteiger partial charge on any atom is 0.165 e. The second-order valence-electron chi connectivity index (χ2n) is 9.68. The average molecular weight is 491 g/mol. The van der Waals surface area contributed by atoms with Crippen molar-refractivity contribution in [3.05, 3.63) is 84.6 Å². The van der Waals surface area contributed by atoms with Gasteiger partial charge in [0.2, 0.25) is 0 Å². The van der Waals surface area contributed by atoms with Crippen LogP contribution >= 0.6 is 0 Å². The van der Waals surface area contributed by atoms with E-state index in [-0.39, 0.29) is 5.54 Å². The van der Waals surface area contributed by atoms with Gasteiger partial charge in [0.1, 0.15) is 17.1 Å². The van der Waals surface area contributed by atoms with Gasteiger partial charge in [-0.1, -0.05) is 31.2 Å². The maximum absolute atomic E-state index is 6.58. The first kappa shape index (κ1) is 23.2. The smallest absolute Gasteiger partial charge is 0.165 e. The van der Waals surface area contributed by atoms with E-state index in [4.69, 9.17) is 26.2 Å². The first-order chi connectivity index (χ1) is 18.1. The molecule has 1 saturated carbocycles. The second-order valence-corrected chi connectivity index (χ2v) is 9.68. The van der Waals surface area contributed by atoms with Crippen LogP contribution in [0.2, 0.25) is 0 Å². The predicted octanol–water partition coefficient (Wildman–Crippen LogP) is 5.86. The molecule has 7 heteroatoms. The van der Waals surface area contributed by atoms with Crippen LogP contribution in [0.25, 0.3) is 39.5 Å². The molecular formula is C30H30N6O. The highest BCUT2D eigenvalue weighted by Crippen LogP contribution is 2.39. The number of fused-ring (bicyclic) bond motifs is 1. The Labute approximate surface area is 216 Å². The molecule has 0 atom stereocenters. The lowest BCUT2D eigenvalue weighted by molar-refractivity contribution is 0.253. The second kappa shape index (κ2) is 9.33. The minimum atomic E-state index is -0.220. The molecule has 3 aromatic heterocycles. The summed E-state index contributed by atoms with van der Waals surface area (Å²) in [7, 11) is 0. The molecule has 37 heavy (non-hydrogen) atoms. The van der Waals surface area contributed by atoms with E-state index in [1.54, 1.807) is 6.20 Å². The number of hydrogen-bond donors (Lipinski definition) is 2. The van der Waals surface area contributed by atoms with Gasteiger partial charge in [0.15, 0.2) is 11.5 Å². The van der Waals surface area contributed by atoms with Crippen LogP contribution in [0.1, 0.15) is 38.2 Å². The number of pyridine rings is 2. The zero-order valence-electron chi connectivity index (χ0n) is 20.9. The summed E-state index contributed by atoms with van der Waals surface area (Å²) in [6.45, 7) is 2.78. The minimum Gasteiger partial charge on any atom is -0.494 e. The third kappa shape index (κ3) is 4.21. The van der Waals surface area contributed by atoms with Crippen molar-refractivity contribution >= 4 is 17.0 Å². The molecule has 3 heterocycles. The van der Waals surface area contributed by atoms with Crippen LogP contribution in [0.3, 0.4) is 0 Å². The lowest BCUT2D eigenvalue weighted by atomic mass is 9.73. The Balaban J connectivity index is 1.51. The van der Waals surface area contributed by atoms with Crippen molar-refractivity contribution in [1.29, 1.82) is 0 Å². The summed E-state index contributed by atoms with van der Waals surface area (Å²) in [5.74, 6) is 1.96. The molecule has 1 aliphatic carbocycles. The molecule has 0 saturated heterocycles. The Morgan fingerprint density at radius 1 is 0.973 bits per heavy atom. The van der Waals surface area contributed by atoms with E-state index in [0.29, 0.717) is 18.2 Å². The Morgan fingerprint density at radius 2 is 1.81 bits per heavy atom. The first-order valence-electron chi connectivity index (χ1n) is 12.8.